The highest BCUT2D eigenvalue weighted by Crippen LogP contribution is 2.22. The van der Waals surface area contributed by atoms with Gasteiger partial charge >= 0.3 is 6.09 Å². The van der Waals surface area contributed by atoms with E-state index in [1.54, 1.807) is 0 Å². The van der Waals surface area contributed by atoms with E-state index < -0.39 is 5.60 Å². The minimum absolute atomic E-state index is 0.246. The van der Waals surface area contributed by atoms with Gasteiger partial charge in [0.2, 0.25) is 0 Å². The first-order valence-corrected chi connectivity index (χ1v) is 5.90. The molecule has 2 aliphatic rings. The summed E-state index contributed by atoms with van der Waals surface area (Å²) >= 11 is 0. The lowest BCUT2D eigenvalue weighted by Gasteiger charge is -2.28. The Morgan fingerprint density at radius 3 is 2.50 bits per heavy atom. The third-order valence-corrected chi connectivity index (χ3v) is 2.72. The van der Waals surface area contributed by atoms with Crippen molar-refractivity contribution in [3.05, 3.63) is 0 Å². The summed E-state index contributed by atoms with van der Waals surface area (Å²) in [5, 5.41) is 9.55. The van der Waals surface area contributed by atoms with Crippen molar-refractivity contribution in [2.75, 3.05) is 13.1 Å². The standard InChI is InChI=1S/C11H21N3O2/c1-11(2,3)16-10(15)14-9-4-8(9)13-7-5-12-6-7/h7-9,12-13H,4-6H2,1-3H3,(H,14,15). The predicted octanol–water partition coefficient (Wildman–Crippen LogP) is 0.213. The number of hydrogen-bond acceptors (Lipinski definition) is 4. The smallest absolute Gasteiger partial charge is 0.407 e. The van der Waals surface area contributed by atoms with E-state index in [-0.39, 0.29) is 12.1 Å². The molecule has 2 rings (SSSR count). The van der Waals surface area contributed by atoms with Gasteiger partial charge in [0.25, 0.3) is 0 Å². The van der Waals surface area contributed by atoms with Crippen LogP contribution in [-0.4, -0.2) is 42.9 Å². The highest BCUT2D eigenvalue weighted by molar-refractivity contribution is 5.68. The van der Waals surface area contributed by atoms with Crippen LogP contribution < -0.4 is 16.0 Å². The fourth-order valence-electron chi connectivity index (χ4n) is 1.71. The number of nitrogens with one attached hydrogen (secondary N) is 3. The molecule has 0 aromatic carbocycles. The number of amides is 1. The van der Waals surface area contributed by atoms with Gasteiger partial charge in [0.15, 0.2) is 0 Å². The molecular formula is C11H21N3O2. The Balaban J connectivity index is 1.62. The van der Waals surface area contributed by atoms with Crippen molar-refractivity contribution in [2.24, 2.45) is 0 Å². The molecule has 0 radical (unpaired) electrons. The summed E-state index contributed by atoms with van der Waals surface area (Å²) in [5.41, 5.74) is -0.417. The van der Waals surface area contributed by atoms with Crippen LogP contribution in [0.5, 0.6) is 0 Å². The molecule has 2 unspecified atom stereocenters. The quantitative estimate of drug-likeness (QED) is 0.645. The van der Waals surface area contributed by atoms with Gasteiger partial charge in [0.1, 0.15) is 5.60 Å². The Hall–Kier alpha value is -0.810. The predicted molar refractivity (Wildman–Crippen MR) is 61.4 cm³/mol. The summed E-state index contributed by atoms with van der Waals surface area (Å²) in [7, 11) is 0. The van der Waals surface area contributed by atoms with Crippen LogP contribution in [0.3, 0.4) is 0 Å². The second-order valence-corrected chi connectivity index (χ2v) is 5.62. The molecule has 0 aromatic rings. The van der Waals surface area contributed by atoms with E-state index in [9.17, 15) is 4.79 Å². The van der Waals surface area contributed by atoms with E-state index in [0.717, 1.165) is 19.5 Å². The summed E-state index contributed by atoms with van der Waals surface area (Å²) in [6.45, 7) is 7.69. The molecule has 2 atom stereocenters. The zero-order valence-corrected chi connectivity index (χ0v) is 10.2. The molecule has 1 saturated carbocycles. The lowest BCUT2D eigenvalue weighted by Crippen LogP contribution is -2.56. The molecule has 0 bridgehead atoms. The second-order valence-electron chi connectivity index (χ2n) is 5.62. The number of ether oxygens (including phenoxy) is 1. The zero-order chi connectivity index (χ0) is 11.8. The van der Waals surface area contributed by atoms with Gasteiger partial charge in [-0.2, -0.15) is 0 Å². The normalized spacial score (nSPS) is 29.4. The summed E-state index contributed by atoms with van der Waals surface area (Å²) in [5.74, 6) is 0. The Kier molecular flexibility index (Phi) is 3.08. The molecule has 3 N–H and O–H groups in total. The monoisotopic (exact) mass is 227 g/mol. The maximum atomic E-state index is 11.5. The van der Waals surface area contributed by atoms with Crippen LogP contribution in [0.25, 0.3) is 0 Å². The summed E-state index contributed by atoms with van der Waals surface area (Å²) < 4.78 is 5.19. The third kappa shape index (κ3) is 3.35. The van der Waals surface area contributed by atoms with E-state index in [1.807, 2.05) is 20.8 Å². The Morgan fingerprint density at radius 2 is 2.00 bits per heavy atom. The average molecular weight is 227 g/mol. The molecule has 1 amide bonds. The van der Waals surface area contributed by atoms with E-state index in [2.05, 4.69) is 16.0 Å². The van der Waals surface area contributed by atoms with Crippen molar-refractivity contribution in [1.29, 1.82) is 0 Å². The van der Waals surface area contributed by atoms with Crippen LogP contribution in [0.15, 0.2) is 0 Å². The van der Waals surface area contributed by atoms with Crippen molar-refractivity contribution in [1.82, 2.24) is 16.0 Å². The fourth-order valence-corrected chi connectivity index (χ4v) is 1.71. The van der Waals surface area contributed by atoms with Gasteiger partial charge in [-0.25, -0.2) is 4.79 Å². The molecule has 2 fully saturated rings. The zero-order valence-electron chi connectivity index (χ0n) is 10.2. The van der Waals surface area contributed by atoms with E-state index >= 15 is 0 Å². The number of hydrogen-bond donors (Lipinski definition) is 3. The van der Waals surface area contributed by atoms with Crippen molar-refractivity contribution in [3.63, 3.8) is 0 Å². The van der Waals surface area contributed by atoms with E-state index in [1.165, 1.54) is 0 Å². The lowest BCUT2D eigenvalue weighted by molar-refractivity contribution is 0.0521. The van der Waals surface area contributed by atoms with Gasteiger partial charge < -0.3 is 20.7 Å². The summed E-state index contributed by atoms with van der Waals surface area (Å²) in [4.78, 5) is 11.5. The van der Waals surface area contributed by atoms with Gasteiger partial charge in [-0.1, -0.05) is 0 Å². The highest BCUT2D eigenvalue weighted by Gasteiger charge is 2.41. The van der Waals surface area contributed by atoms with Crippen molar-refractivity contribution >= 4 is 6.09 Å². The topological polar surface area (TPSA) is 62.4 Å². The molecule has 0 spiro atoms. The second kappa shape index (κ2) is 4.22. The van der Waals surface area contributed by atoms with Gasteiger partial charge in [0.05, 0.1) is 0 Å². The van der Waals surface area contributed by atoms with E-state index in [4.69, 9.17) is 4.74 Å². The Bertz CT molecular complexity index is 271. The SMILES string of the molecule is CC(C)(C)OC(=O)NC1CC1NC1CNC1. The molecule has 1 aliphatic heterocycles. The molecule has 1 aliphatic carbocycles. The molecule has 0 aromatic heterocycles. The lowest BCUT2D eigenvalue weighted by atomic mass is 10.2. The molecule has 5 heteroatoms. The van der Waals surface area contributed by atoms with Gasteiger partial charge in [-0.05, 0) is 27.2 Å². The first-order valence-electron chi connectivity index (χ1n) is 5.90. The average Bonchev–Trinajstić information content (AvgIpc) is 2.72. The number of rotatable bonds is 3. The van der Waals surface area contributed by atoms with Crippen molar-refractivity contribution < 1.29 is 9.53 Å². The van der Waals surface area contributed by atoms with Crippen LogP contribution in [0.4, 0.5) is 4.79 Å². The third-order valence-electron chi connectivity index (χ3n) is 2.72. The molecule has 92 valence electrons. The number of carbonyl (C=O) groups is 1. The Morgan fingerprint density at radius 1 is 1.31 bits per heavy atom. The van der Waals surface area contributed by atoms with Crippen molar-refractivity contribution in [2.45, 2.75) is 50.9 Å². The molecular weight excluding hydrogens is 206 g/mol. The van der Waals surface area contributed by atoms with Crippen LogP contribution >= 0.6 is 0 Å². The first-order chi connectivity index (χ1) is 7.44. The summed E-state index contributed by atoms with van der Waals surface area (Å²) in [6, 6.07) is 1.26. The van der Waals surface area contributed by atoms with Crippen molar-refractivity contribution in [3.8, 4) is 0 Å². The van der Waals surface area contributed by atoms with Gasteiger partial charge in [-0.15, -0.1) is 0 Å². The number of carbonyl (C=O) groups excluding carboxylic acids is 1. The summed E-state index contributed by atoms with van der Waals surface area (Å²) in [6.07, 6.45) is 0.698. The molecule has 16 heavy (non-hydrogen) atoms. The largest absolute Gasteiger partial charge is 0.444 e. The van der Waals surface area contributed by atoms with Gasteiger partial charge in [0, 0.05) is 31.2 Å². The fraction of sp³-hybridized carbons (Fsp3) is 0.909. The highest BCUT2D eigenvalue weighted by atomic mass is 16.6. The molecule has 1 heterocycles. The maximum absolute atomic E-state index is 11.5. The maximum Gasteiger partial charge on any atom is 0.407 e. The van der Waals surface area contributed by atoms with Crippen LogP contribution in [0.2, 0.25) is 0 Å². The van der Waals surface area contributed by atoms with Gasteiger partial charge in [-0.3, -0.25) is 0 Å². The minimum Gasteiger partial charge on any atom is -0.444 e. The van der Waals surface area contributed by atoms with Crippen LogP contribution in [0, 0.1) is 0 Å². The Labute approximate surface area is 96.3 Å². The number of alkyl carbamates (subject to hydrolysis) is 1. The minimum atomic E-state index is -0.417. The first kappa shape index (κ1) is 11.7. The molecule has 1 saturated heterocycles. The van der Waals surface area contributed by atoms with E-state index in [0.29, 0.717) is 12.1 Å². The van der Waals surface area contributed by atoms with Crippen LogP contribution in [-0.2, 0) is 4.74 Å². The molecule has 5 nitrogen and oxygen atoms in total. The van der Waals surface area contributed by atoms with Crippen LogP contribution in [0.1, 0.15) is 27.2 Å².